The van der Waals surface area contributed by atoms with Crippen LogP contribution in [0.3, 0.4) is 0 Å². The Balaban J connectivity index is 1.94. The second-order valence-electron chi connectivity index (χ2n) is 9.40. The first-order chi connectivity index (χ1) is 16.1. The molecule has 178 valence electrons. The summed E-state index contributed by atoms with van der Waals surface area (Å²) in [4.78, 5) is 30.2. The summed E-state index contributed by atoms with van der Waals surface area (Å²) in [7, 11) is 0. The van der Waals surface area contributed by atoms with Crippen LogP contribution in [-0.2, 0) is 23.3 Å². The maximum atomic E-state index is 14.7. The van der Waals surface area contributed by atoms with Gasteiger partial charge < -0.3 is 10.0 Å². The van der Waals surface area contributed by atoms with Crippen molar-refractivity contribution in [3.63, 3.8) is 0 Å². The van der Waals surface area contributed by atoms with Gasteiger partial charge in [0.15, 0.2) is 5.54 Å². The van der Waals surface area contributed by atoms with E-state index in [0.717, 1.165) is 11.1 Å². The smallest absolute Gasteiger partial charge is 0.408 e. The normalized spacial score (nSPS) is 17.9. The van der Waals surface area contributed by atoms with Crippen LogP contribution in [0.15, 0.2) is 54.9 Å². The fraction of sp³-hybridized carbons (Fsp3) is 0.320. The molecule has 1 aliphatic heterocycles. The molecule has 34 heavy (non-hydrogen) atoms. The summed E-state index contributed by atoms with van der Waals surface area (Å²) in [5, 5.41) is 17.9. The third kappa shape index (κ3) is 3.93. The zero-order valence-corrected chi connectivity index (χ0v) is 20.7. The SMILES string of the molecule is CC(C)(C)[C@]1(C(=O)N(Cc2ccc(Cl)c(Cl)c2)c2cn[nH]c2)c2ccccc2CCN1C(=O)O. The minimum Gasteiger partial charge on any atom is -0.465 e. The van der Waals surface area contributed by atoms with Gasteiger partial charge >= 0.3 is 6.09 Å². The van der Waals surface area contributed by atoms with Crippen LogP contribution in [0.4, 0.5) is 10.5 Å². The quantitative estimate of drug-likeness (QED) is 0.478. The van der Waals surface area contributed by atoms with E-state index < -0.39 is 17.0 Å². The van der Waals surface area contributed by atoms with Gasteiger partial charge in [-0.15, -0.1) is 0 Å². The molecule has 0 unspecified atom stereocenters. The van der Waals surface area contributed by atoms with Crippen LogP contribution in [0.5, 0.6) is 0 Å². The zero-order chi connectivity index (χ0) is 24.7. The Morgan fingerprint density at radius 2 is 1.91 bits per heavy atom. The topological polar surface area (TPSA) is 89.5 Å². The third-order valence-corrected chi connectivity index (χ3v) is 7.15. The summed E-state index contributed by atoms with van der Waals surface area (Å²) in [6.45, 7) is 6.06. The highest BCUT2D eigenvalue weighted by Gasteiger charge is 2.60. The van der Waals surface area contributed by atoms with E-state index in [-0.39, 0.29) is 19.0 Å². The Hall–Kier alpha value is -3.03. The summed E-state index contributed by atoms with van der Waals surface area (Å²) in [5.74, 6) is -0.359. The molecule has 3 aromatic rings. The van der Waals surface area contributed by atoms with Crippen LogP contribution in [-0.4, -0.2) is 38.7 Å². The van der Waals surface area contributed by atoms with E-state index in [4.69, 9.17) is 23.2 Å². The number of hydrogen-bond donors (Lipinski definition) is 2. The Morgan fingerprint density at radius 1 is 1.18 bits per heavy atom. The number of nitrogens with zero attached hydrogens (tertiary/aromatic N) is 3. The molecule has 7 nitrogen and oxygen atoms in total. The van der Waals surface area contributed by atoms with Crippen LogP contribution >= 0.6 is 23.2 Å². The van der Waals surface area contributed by atoms with Crippen molar-refractivity contribution >= 4 is 40.9 Å². The number of carboxylic acid groups (broad SMARTS) is 1. The zero-order valence-electron chi connectivity index (χ0n) is 19.2. The molecule has 0 bridgehead atoms. The first kappa shape index (κ1) is 24.1. The number of halogens is 2. The standard InChI is InChI=1S/C25H26Cl2N4O3/c1-24(2,3)25(19-7-5-4-6-17(19)10-11-31(25)23(33)34)22(32)30(18-13-28-29-14-18)15-16-8-9-20(26)21(27)12-16/h4-9,12-14H,10-11,15H2,1-3H3,(H,28,29)(H,33,34)/t25-/m1/s1. The van der Waals surface area contributed by atoms with Crippen molar-refractivity contribution in [1.82, 2.24) is 15.1 Å². The fourth-order valence-electron chi connectivity index (χ4n) is 4.92. The Kier molecular flexibility index (Phi) is 6.36. The highest BCUT2D eigenvalue weighted by molar-refractivity contribution is 6.42. The number of hydrogen-bond acceptors (Lipinski definition) is 3. The molecule has 0 fully saturated rings. The van der Waals surface area contributed by atoms with Gasteiger partial charge in [-0.1, -0.05) is 74.3 Å². The summed E-state index contributed by atoms with van der Waals surface area (Å²) in [6.07, 6.45) is 2.56. The van der Waals surface area contributed by atoms with Crippen LogP contribution in [0, 0.1) is 5.41 Å². The average molecular weight is 501 g/mol. The van der Waals surface area contributed by atoms with E-state index in [1.807, 2.05) is 45.0 Å². The van der Waals surface area contributed by atoms with E-state index >= 15 is 0 Å². The lowest BCUT2D eigenvalue weighted by atomic mass is 9.64. The largest absolute Gasteiger partial charge is 0.465 e. The lowest BCUT2D eigenvalue weighted by Gasteiger charge is -2.54. The number of rotatable bonds is 4. The van der Waals surface area contributed by atoms with Crippen LogP contribution < -0.4 is 4.90 Å². The number of aromatic amines is 1. The predicted molar refractivity (Wildman–Crippen MR) is 132 cm³/mol. The van der Waals surface area contributed by atoms with Gasteiger partial charge in [0.05, 0.1) is 28.5 Å². The van der Waals surface area contributed by atoms with E-state index in [2.05, 4.69) is 10.2 Å². The molecular formula is C25H26Cl2N4O3. The molecular weight excluding hydrogens is 475 g/mol. The minimum atomic E-state index is -1.47. The summed E-state index contributed by atoms with van der Waals surface area (Å²) in [6, 6.07) is 12.8. The molecule has 0 spiro atoms. The second kappa shape index (κ2) is 8.96. The number of aromatic nitrogens is 2. The number of amides is 2. The maximum Gasteiger partial charge on any atom is 0.408 e. The predicted octanol–water partition coefficient (Wildman–Crippen LogP) is 5.73. The average Bonchev–Trinajstić information content (AvgIpc) is 3.32. The van der Waals surface area contributed by atoms with Gasteiger partial charge in [0.1, 0.15) is 0 Å². The molecule has 4 rings (SSSR count). The molecule has 2 aromatic carbocycles. The van der Waals surface area contributed by atoms with Gasteiger partial charge in [0.2, 0.25) is 0 Å². The van der Waals surface area contributed by atoms with Crippen LogP contribution in [0.25, 0.3) is 0 Å². The Morgan fingerprint density at radius 3 is 2.53 bits per heavy atom. The molecule has 1 aromatic heterocycles. The van der Waals surface area contributed by atoms with Crippen molar-refractivity contribution < 1.29 is 14.7 Å². The molecule has 0 aliphatic carbocycles. The van der Waals surface area contributed by atoms with E-state index in [0.29, 0.717) is 27.7 Å². The first-order valence-corrected chi connectivity index (χ1v) is 11.7. The molecule has 0 saturated carbocycles. The molecule has 0 saturated heterocycles. The summed E-state index contributed by atoms with van der Waals surface area (Å²) >= 11 is 12.3. The van der Waals surface area contributed by atoms with Crippen LogP contribution in [0.2, 0.25) is 10.0 Å². The van der Waals surface area contributed by atoms with E-state index in [9.17, 15) is 14.7 Å². The summed E-state index contributed by atoms with van der Waals surface area (Å²) < 4.78 is 0. The first-order valence-electron chi connectivity index (χ1n) is 10.9. The highest BCUT2D eigenvalue weighted by Crippen LogP contribution is 2.50. The lowest BCUT2D eigenvalue weighted by molar-refractivity contribution is -0.139. The van der Waals surface area contributed by atoms with Crippen molar-refractivity contribution in [2.75, 3.05) is 11.4 Å². The number of carbonyl (C=O) groups is 2. The minimum absolute atomic E-state index is 0.155. The van der Waals surface area contributed by atoms with E-state index in [1.165, 1.54) is 4.90 Å². The van der Waals surface area contributed by atoms with Gasteiger partial charge in [-0.25, -0.2) is 4.79 Å². The van der Waals surface area contributed by atoms with Gasteiger partial charge in [-0.3, -0.25) is 14.8 Å². The van der Waals surface area contributed by atoms with Crippen molar-refractivity contribution in [2.24, 2.45) is 5.41 Å². The molecule has 2 heterocycles. The van der Waals surface area contributed by atoms with Gasteiger partial charge in [-0.2, -0.15) is 5.10 Å². The Bertz CT molecular complexity index is 1220. The molecule has 2 N–H and O–H groups in total. The van der Waals surface area contributed by atoms with Crippen molar-refractivity contribution in [3.8, 4) is 0 Å². The molecule has 0 radical (unpaired) electrons. The van der Waals surface area contributed by atoms with Gasteiger partial charge in [-0.05, 0) is 40.7 Å². The highest BCUT2D eigenvalue weighted by atomic mass is 35.5. The van der Waals surface area contributed by atoms with Gasteiger partial charge in [0, 0.05) is 12.7 Å². The molecule has 9 heteroatoms. The monoisotopic (exact) mass is 500 g/mol. The summed E-state index contributed by atoms with van der Waals surface area (Å²) in [5.41, 5.74) is 0.681. The number of anilines is 1. The number of H-pyrrole nitrogens is 1. The maximum absolute atomic E-state index is 14.7. The van der Waals surface area contributed by atoms with E-state index in [1.54, 1.807) is 35.5 Å². The Labute approximate surface area is 208 Å². The van der Waals surface area contributed by atoms with Crippen molar-refractivity contribution in [3.05, 3.63) is 81.6 Å². The van der Waals surface area contributed by atoms with Crippen LogP contribution in [0.1, 0.15) is 37.5 Å². The number of nitrogens with one attached hydrogen (secondary N) is 1. The lowest BCUT2D eigenvalue weighted by Crippen LogP contribution is -2.67. The van der Waals surface area contributed by atoms with Gasteiger partial charge in [0.25, 0.3) is 5.91 Å². The molecule has 1 atom stereocenters. The number of fused-ring (bicyclic) bond motifs is 1. The second-order valence-corrected chi connectivity index (χ2v) is 10.2. The fourth-order valence-corrected chi connectivity index (χ4v) is 5.24. The van der Waals surface area contributed by atoms with Crippen molar-refractivity contribution in [1.29, 1.82) is 0 Å². The molecule has 1 aliphatic rings. The number of carbonyl (C=O) groups excluding carboxylic acids is 1. The third-order valence-electron chi connectivity index (χ3n) is 6.41. The van der Waals surface area contributed by atoms with Crippen molar-refractivity contribution in [2.45, 2.75) is 39.3 Å². The molecule has 2 amide bonds. The number of benzene rings is 2.